The van der Waals surface area contributed by atoms with Crippen LogP contribution in [-0.2, 0) is 10.0 Å². The Hall–Kier alpha value is -0.980. The van der Waals surface area contributed by atoms with E-state index >= 15 is 0 Å². The molecule has 6 heteroatoms. The first-order chi connectivity index (χ1) is 8.74. The van der Waals surface area contributed by atoms with Crippen molar-refractivity contribution >= 4 is 10.0 Å². The van der Waals surface area contributed by atoms with Crippen LogP contribution >= 0.6 is 0 Å². The molecule has 4 nitrogen and oxygen atoms in total. The predicted octanol–water partition coefficient (Wildman–Crippen LogP) is 1.82. The van der Waals surface area contributed by atoms with Crippen LogP contribution in [0, 0.1) is 18.7 Å². The summed E-state index contributed by atoms with van der Waals surface area (Å²) >= 11 is 0. The van der Waals surface area contributed by atoms with Gasteiger partial charge in [-0.2, -0.15) is 0 Å². The lowest BCUT2D eigenvalue weighted by Gasteiger charge is -2.14. The molecule has 1 aromatic rings. The van der Waals surface area contributed by atoms with E-state index in [1.807, 2.05) is 13.8 Å². The van der Waals surface area contributed by atoms with E-state index in [1.165, 1.54) is 12.1 Å². The normalized spacial score (nSPS) is 13.8. The molecule has 0 aliphatic rings. The van der Waals surface area contributed by atoms with Gasteiger partial charge >= 0.3 is 0 Å². The molecule has 0 aliphatic carbocycles. The summed E-state index contributed by atoms with van der Waals surface area (Å²) in [4.78, 5) is -0.364. The van der Waals surface area contributed by atoms with Gasteiger partial charge in [0, 0.05) is 6.54 Å². The van der Waals surface area contributed by atoms with Crippen molar-refractivity contribution in [2.75, 3.05) is 6.54 Å². The summed E-state index contributed by atoms with van der Waals surface area (Å²) in [6, 6.07) is 3.96. The molecule has 0 saturated heterocycles. The highest BCUT2D eigenvalue weighted by molar-refractivity contribution is 7.89. The number of rotatable bonds is 6. The monoisotopic (exact) mass is 289 g/mol. The number of halogens is 1. The van der Waals surface area contributed by atoms with Crippen LogP contribution in [0.1, 0.15) is 25.8 Å². The summed E-state index contributed by atoms with van der Waals surface area (Å²) in [5, 5.41) is 9.58. The third-order valence-electron chi connectivity index (χ3n) is 2.88. The van der Waals surface area contributed by atoms with Crippen molar-refractivity contribution in [1.29, 1.82) is 0 Å². The average Bonchev–Trinajstić information content (AvgIpc) is 2.27. The maximum Gasteiger partial charge on any atom is 0.243 e. The zero-order valence-corrected chi connectivity index (χ0v) is 12.2. The lowest BCUT2D eigenvalue weighted by Crippen LogP contribution is -2.29. The number of sulfonamides is 1. The number of aliphatic hydroxyl groups excluding tert-OH is 1. The van der Waals surface area contributed by atoms with Gasteiger partial charge in [0.2, 0.25) is 10.0 Å². The molecule has 0 bridgehead atoms. The first kappa shape index (κ1) is 16.1. The number of aryl methyl sites for hydroxylation is 1. The molecular formula is C13H20FNO3S. The molecule has 0 radical (unpaired) electrons. The summed E-state index contributed by atoms with van der Waals surface area (Å²) in [6.45, 7) is 5.46. The number of hydrogen-bond acceptors (Lipinski definition) is 3. The molecule has 0 spiro atoms. The second-order valence-electron chi connectivity index (χ2n) is 4.93. The Balaban J connectivity index is 2.71. The van der Waals surface area contributed by atoms with Crippen LogP contribution in [0.25, 0.3) is 0 Å². The van der Waals surface area contributed by atoms with Crippen molar-refractivity contribution in [1.82, 2.24) is 4.72 Å². The minimum Gasteiger partial charge on any atom is -0.393 e. The SMILES string of the molecule is Cc1ccc(S(=O)(=O)NCCC(O)C(C)C)c(F)c1. The highest BCUT2D eigenvalue weighted by Crippen LogP contribution is 2.15. The molecule has 1 aromatic carbocycles. The zero-order chi connectivity index (χ0) is 14.6. The second-order valence-corrected chi connectivity index (χ2v) is 6.67. The summed E-state index contributed by atoms with van der Waals surface area (Å²) in [7, 11) is -3.87. The summed E-state index contributed by atoms with van der Waals surface area (Å²) < 4.78 is 39.7. The van der Waals surface area contributed by atoms with Gasteiger partial charge in [0.15, 0.2) is 0 Å². The molecule has 19 heavy (non-hydrogen) atoms. The average molecular weight is 289 g/mol. The smallest absolute Gasteiger partial charge is 0.243 e. The Bertz CT molecular complexity index is 529. The number of benzene rings is 1. The van der Waals surface area contributed by atoms with Gasteiger partial charge in [-0.3, -0.25) is 0 Å². The summed E-state index contributed by atoms with van der Waals surface area (Å²) in [5.41, 5.74) is 0.659. The second kappa shape index (κ2) is 6.45. The highest BCUT2D eigenvalue weighted by Gasteiger charge is 2.19. The quantitative estimate of drug-likeness (QED) is 0.839. The van der Waals surface area contributed by atoms with Crippen molar-refractivity contribution in [3.8, 4) is 0 Å². The molecule has 0 saturated carbocycles. The van der Waals surface area contributed by atoms with E-state index in [9.17, 15) is 17.9 Å². The minimum atomic E-state index is -3.87. The molecule has 2 N–H and O–H groups in total. The maximum atomic E-state index is 13.6. The van der Waals surface area contributed by atoms with Crippen LogP contribution in [0.5, 0.6) is 0 Å². The summed E-state index contributed by atoms with van der Waals surface area (Å²) in [6.07, 6.45) is -0.282. The van der Waals surface area contributed by atoms with Gasteiger partial charge in [0.1, 0.15) is 10.7 Å². The van der Waals surface area contributed by atoms with Crippen LogP contribution in [0.3, 0.4) is 0 Å². The fraction of sp³-hybridized carbons (Fsp3) is 0.538. The van der Waals surface area contributed by atoms with E-state index in [1.54, 1.807) is 13.0 Å². The lowest BCUT2D eigenvalue weighted by atomic mass is 10.1. The molecule has 108 valence electrons. The first-order valence-electron chi connectivity index (χ1n) is 6.18. The van der Waals surface area contributed by atoms with Gasteiger partial charge in [-0.1, -0.05) is 19.9 Å². The van der Waals surface area contributed by atoms with Gasteiger partial charge in [-0.25, -0.2) is 17.5 Å². The Morgan fingerprint density at radius 1 is 1.37 bits per heavy atom. The van der Waals surface area contributed by atoms with E-state index in [4.69, 9.17) is 0 Å². The molecular weight excluding hydrogens is 269 g/mol. The molecule has 0 heterocycles. The molecule has 0 aromatic heterocycles. The third-order valence-corrected chi connectivity index (χ3v) is 4.37. The van der Waals surface area contributed by atoms with Gasteiger partial charge in [0.05, 0.1) is 6.10 Å². The Morgan fingerprint density at radius 2 is 2.00 bits per heavy atom. The topological polar surface area (TPSA) is 66.4 Å². The minimum absolute atomic E-state index is 0.0561. The van der Waals surface area contributed by atoms with Crippen molar-refractivity contribution in [3.63, 3.8) is 0 Å². The fourth-order valence-electron chi connectivity index (χ4n) is 1.58. The van der Waals surface area contributed by atoms with Gasteiger partial charge in [-0.15, -0.1) is 0 Å². The number of hydrogen-bond donors (Lipinski definition) is 2. The molecule has 1 rings (SSSR count). The number of aliphatic hydroxyl groups is 1. The largest absolute Gasteiger partial charge is 0.393 e. The molecule has 0 fully saturated rings. The van der Waals surface area contributed by atoms with Gasteiger partial charge < -0.3 is 5.11 Å². The highest BCUT2D eigenvalue weighted by atomic mass is 32.2. The summed E-state index contributed by atoms with van der Waals surface area (Å²) in [5.74, 6) is -0.711. The standard InChI is InChI=1S/C13H20FNO3S/c1-9(2)12(16)6-7-15-19(17,18)13-5-4-10(3)8-11(13)14/h4-5,8-9,12,15-16H,6-7H2,1-3H3. The predicted molar refractivity (Wildman–Crippen MR) is 71.8 cm³/mol. The van der Waals surface area contributed by atoms with E-state index < -0.39 is 21.9 Å². The third kappa shape index (κ3) is 4.56. The van der Waals surface area contributed by atoms with E-state index in [0.717, 1.165) is 0 Å². The number of nitrogens with one attached hydrogen (secondary N) is 1. The van der Waals surface area contributed by atoms with Crippen molar-refractivity contribution in [2.24, 2.45) is 5.92 Å². The van der Waals surface area contributed by atoms with Gasteiger partial charge in [0.25, 0.3) is 0 Å². The zero-order valence-electron chi connectivity index (χ0n) is 11.4. The molecule has 1 atom stereocenters. The van der Waals surface area contributed by atoms with E-state index in [-0.39, 0.29) is 17.4 Å². The van der Waals surface area contributed by atoms with Crippen LogP contribution in [0.4, 0.5) is 4.39 Å². The Labute approximate surface area is 113 Å². The lowest BCUT2D eigenvalue weighted by molar-refractivity contribution is 0.118. The maximum absolute atomic E-state index is 13.6. The molecule has 0 aliphatic heterocycles. The van der Waals surface area contributed by atoms with Crippen molar-refractivity contribution in [3.05, 3.63) is 29.6 Å². The van der Waals surface area contributed by atoms with E-state index in [2.05, 4.69) is 4.72 Å². The molecule has 0 amide bonds. The first-order valence-corrected chi connectivity index (χ1v) is 7.66. The Kier molecular flexibility index (Phi) is 5.46. The van der Waals surface area contributed by atoms with Crippen LogP contribution < -0.4 is 4.72 Å². The van der Waals surface area contributed by atoms with Crippen molar-refractivity contribution < 1.29 is 17.9 Å². The van der Waals surface area contributed by atoms with Crippen LogP contribution in [-0.4, -0.2) is 26.2 Å². The van der Waals surface area contributed by atoms with Gasteiger partial charge in [-0.05, 0) is 37.0 Å². The van der Waals surface area contributed by atoms with Crippen LogP contribution in [0.15, 0.2) is 23.1 Å². The molecule has 1 unspecified atom stereocenters. The van der Waals surface area contributed by atoms with E-state index in [0.29, 0.717) is 12.0 Å². The van der Waals surface area contributed by atoms with Crippen molar-refractivity contribution in [2.45, 2.75) is 38.2 Å². The fourth-order valence-corrected chi connectivity index (χ4v) is 2.68. The Morgan fingerprint density at radius 3 is 2.53 bits per heavy atom. The van der Waals surface area contributed by atoms with Crippen LogP contribution in [0.2, 0.25) is 0 Å².